The highest BCUT2D eigenvalue weighted by Gasteiger charge is 2.15. The summed E-state index contributed by atoms with van der Waals surface area (Å²) in [6, 6.07) is 21.0. The first-order chi connectivity index (χ1) is 13.2. The van der Waals surface area contributed by atoms with Gasteiger partial charge in [-0.3, -0.25) is 0 Å². The zero-order valence-corrected chi connectivity index (χ0v) is 16.7. The third kappa shape index (κ3) is 3.17. The SMILES string of the molecule is C=C/C=C\C(=C/C)c1cccc2c1oc1c(-c3ccc(Br)cc3)cccc12. The molecule has 0 aliphatic heterocycles. The van der Waals surface area contributed by atoms with Gasteiger partial charge >= 0.3 is 0 Å². The van der Waals surface area contributed by atoms with Crippen molar-refractivity contribution in [3.05, 3.63) is 102 Å². The number of allylic oxidation sites excluding steroid dienone is 5. The molecule has 3 aromatic carbocycles. The molecule has 0 atom stereocenters. The smallest absolute Gasteiger partial charge is 0.143 e. The van der Waals surface area contributed by atoms with Crippen molar-refractivity contribution in [2.45, 2.75) is 6.92 Å². The van der Waals surface area contributed by atoms with Crippen LogP contribution in [-0.4, -0.2) is 0 Å². The highest BCUT2D eigenvalue weighted by atomic mass is 79.9. The Kier molecular flexibility index (Phi) is 4.83. The zero-order chi connectivity index (χ0) is 18.8. The van der Waals surface area contributed by atoms with E-state index in [1.165, 1.54) is 0 Å². The summed E-state index contributed by atoms with van der Waals surface area (Å²) in [5, 5.41) is 2.27. The van der Waals surface area contributed by atoms with E-state index >= 15 is 0 Å². The van der Waals surface area contributed by atoms with Gasteiger partial charge in [0.1, 0.15) is 11.2 Å². The predicted octanol–water partition coefficient (Wildman–Crippen LogP) is 8.16. The lowest BCUT2D eigenvalue weighted by atomic mass is 10.00. The van der Waals surface area contributed by atoms with Crippen LogP contribution in [0.5, 0.6) is 0 Å². The number of furan rings is 1. The molecule has 1 aromatic heterocycles. The van der Waals surface area contributed by atoms with Gasteiger partial charge in [-0.05, 0) is 30.2 Å². The van der Waals surface area contributed by atoms with E-state index in [2.05, 4.69) is 95.3 Å². The molecule has 0 aliphatic carbocycles. The molecule has 0 amide bonds. The first-order valence-electron chi connectivity index (χ1n) is 8.89. The lowest BCUT2D eigenvalue weighted by Gasteiger charge is -2.03. The maximum Gasteiger partial charge on any atom is 0.143 e. The van der Waals surface area contributed by atoms with Gasteiger partial charge in [-0.15, -0.1) is 0 Å². The van der Waals surface area contributed by atoms with Crippen LogP contribution in [0.3, 0.4) is 0 Å². The van der Waals surface area contributed by atoms with Crippen LogP contribution in [0.25, 0.3) is 38.6 Å². The van der Waals surface area contributed by atoms with Crippen LogP contribution in [0.15, 0.2) is 100 Å². The molecule has 0 N–H and O–H groups in total. The Morgan fingerprint density at radius 2 is 1.63 bits per heavy atom. The Bertz CT molecular complexity index is 1190. The molecule has 0 fully saturated rings. The van der Waals surface area contributed by atoms with Crippen molar-refractivity contribution in [2.75, 3.05) is 0 Å². The molecule has 132 valence electrons. The van der Waals surface area contributed by atoms with Crippen molar-refractivity contribution in [1.82, 2.24) is 0 Å². The molecule has 0 saturated heterocycles. The Labute approximate surface area is 167 Å². The number of fused-ring (bicyclic) bond motifs is 3. The number of benzene rings is 3. The Morgan fingerprint density at radius 3 is 2.33 bits per heavy atom. The fraction of sp³-hybridized carbons (Fsp3) is 0.0400. The molecule has 0 unspecified atom stereocenters. The van der Waals surface area contributed by atoms with Crippen LogP contribution in [0.1, 0.15) is 12.5 Å². The number of rotatable bonds is 4. The number of hydrogen-bond acceptors (Lipinski definition) is 1. The normalized spacial score (nSPS) is 12.3. The molecule has 0 spiro atoms. The third-order valence-electron chi connectivity index (χ3n) is 4.71. The van der Waals surface area contributed by atoms with Gasteiger partial charge in [0.25, 0.3) is 0 Å². The van der Waals surface area contributed by atoms with E-state index in [9.17, 15) is 0 Å². The second kappa shape index (κ2) is 7.42. The van der Waals surface area contributed by atoms with Gasteiger partial charge in [0.05, 0.1) is 0 Å². The Hall–Kier alpha value is -2.84. The highest BCUT2D eigenvalue weighted by molar-refractivity contribution is 9.10. The summed E-state index contributed by atoms with van der Waals surface area (Å²) in [7, 11) is 0. The summed E-state index contributed by atoms with van der Waals surface area (Å²) < 4.78 is 7.52. The second-order valence-electron chi connectivity index (χ2n) is 6.31. The van der Waals surface area contributed by atoms with Gasteiger partial charge in [-0.1, -0.05) is 95.3 Å². The average Bonchev–Trinajstić information content (AvgIpc) is 3.09. The number of hydrogen-bond donors (Lipinski definition) is 0. The molecule has 4 aromatic rings. The van der Waals surface area contributed by atoms with E-state index in [1.807, 2.05) is 13.0 Å². The summed E-state index contributed by atoms with van der Waals surface area (Å²) in [5.41, 5.74) is 6.29. The summed E-state index contributed by atoms with van der Waals surface area (Å²) in [4.78, 5) is 0. The maximum atomic E-state index is 6.45. The molecule has 1 heterocycles. The van der Waals surface area contributed by atoms with Crippen LogP contribution in [-0.2, 0) is 0 Å². The summed E-state index contributed by atoms with van der Waals surface area (Å²) in [5.74, 6) is 0. The van der Waals surface area contributed by atoms with Gasteiger partial charge in [0.2, 0.25) is 0 Å². The minimum absolute atomic E-state index is 0.916. The number of para-hydroxylation sites is 2. The Morgan fingerprint density at radius 1 is 0.926 bits per heavy atom. The van der Waals surface area contributed by atoms with E-state index in [1.54, 1.807) is 6.08 Å². The minimum Gasteiger partial charge on any atom is -0.455 e. The van der Waals surface area contributed by atoms with E-state index in [0.29, 0.717) is 0 Å². The molecular formula is C25H19BrO. The molecule has 0 bridgehead atoms. The summed E-state index contributed by atoms with van der Waals surface area (Å²) in [6.07, 6.45) is 7.89. The highest BCUT2D eigenvalue weighted by Crippen LogP contribution is 2.38. The van der Waals surface area contributed by atoms with Gasteiger partial charge in [0, 0.05) is 26.4 Å². The predicted molar refractivity (Wildman–Crippen MR) is 120 cm³/mol. The van der Waals surface area contributed by atoms with Gasteiger partial charge in [-0.2, -0.15) is 0 Å². The third-order valence-corrected chi connectivity index (χ3v) is 5.24. The molecule has 4 rings (SSSR count). The maximum absolute atomic E-state index is 6.45. The molecular weight excluding hydrogens is 396 g/mol. The van der Waals surface area contributed by atoms with Crippen molar-refractivity contribution < 1.29 is 4.42 Å². The van der Waals surface area contributed by atoms with Crippen molar-refractivity contribution in [1.29, 1.82) is 0 Å². The Balaban J connectivity index is 2.00. The first-order valence-corrected chi connectivity index (χ1v) is 9.68. The van der Waals surface area contributed by atoms with Crippen LogP contribution in [0.2, 0.25) is 0 Å². The van der Waals surface area contributed by atoms with E-state index in [0.717, 1.165) is 48.7 Å². The van der Waals surface area contributed by atoms with E-state index in [-0.39, 0.29) is 0 Å². The van der Waals surface area contributed by atoms with E-state index < -0.39 is 0 Å². The summed E-state index contributed by atoms with van der Waals surface area (Å²) >= 11 is 3.51. The fourth-order valence-corrected chi connectivity index (χ4v) is 3.68. The minimum atomic E-state index is 0.916. The topological polar surface area (TPSA) is 13.1 Å². The largest absolute Gasteiger partial charge is 0.455 e. The molecule has 0 aliphatic rings. The monoisotopic (exact) mass is 414 g/mol. The molecule has 0 radical (unpaired) electrons. The van der Waals surface area contributed by atoms with Crippen molar-refractivity contribution in [3.8, 4) is 11.1 Å². The summed E-state index contributed by atoms with van der Waals surface area (Å²) in [6.45, 7) is 5.81. The van der Waals surface area contributed by atoms with E-state index in [4.69, 9.17) is 4.42 Å². The lowest BCUT2D eigenvalue weighted by molar-refractivity contribution is 0.669. The van der Waals surface area contributed by atoms with Crippen molar-refractivity contribution >= 4 is 43.4 Å². The standard InChI is InChI=1S/C25H19BrO/c1-3-5-8-17(4-2)20-9-6-11-22-23-12-7-10-21(25(23)27-24(20)22)18-13-15-19(26)16-14-18/h3-16H,1H2,2H3/b8-5-,17-4+. The molecule has 1 nitrogen and oxygen atoms in total. The average molecular weight is 415 g/mol. The zero-order valence-electron chi connectivity index (χ0n) is 15.1. The molecule has 2 heteroatoms. The van der Waals surface area contributed by atoms with Crippen LogP contribution in [0, 0.1) is 0 Å². The second-order valence-corrected chi connectivity index (χ2v) is 7.23. The van der Waals surface area contributed by atoms with Crippen molar-refractivity contribution in [3.63, 3.8) is 0 Å². The molecule has 27 heavy (non-hydrogen) atoms. The van der Waals surface area contributed by atoms with Gasteiger partial charge in [-0.25, -0.2) is 0 Å². The van der Waals surface area contributed by atoms with Gasteiger partial charge < -0.3 is 4.42 Å². The fourth-order valence-electron chi connectivity index (χ4n) is 3.42. The van der Waals surface area contributed by atoms with Crippen LogP contribution < -0.4 is 0 Å². The molecule has 0 saturated carbocycles. The lowest BCUT2D eigenvalue weighted by Crippen LogP contribution is -1.81. The van der Waals surface area contributed by atoms with Crippen molar-refractivity contribution in [2.24, 2.45) is 0 Å². The van der Waals surface area contributed by atoms with Crippen LogP contribution in [0.4, 0.5) is 0 Å². The first kappa shape index (κ1) is 17.6. The quantitative estimate of drug-likeness (QED) is 0.307. The number of halogens is 1. The van der Waals surface area contributed by atoms with Gasteiger partial charge in [0.15, 0.2) is 0 Å². The van der Waals surface area contributed by atoms with Crippen LogP contribution >= 0.6 is 15.9 Å².